The molecule has 1 saturated carbocycles. The van der Waals surface area contributed by atoms with E-state index in [0.717, 1.165) is 38.5 Å². The lowest BCUT2D eigenvalue weighted by Crippen LogP contribution is -2.49. The highest BCUT2D eigenvalue weighted by Gasteiger charge is 2.30. The molecule has 94 valence electrons. The minimum absolute atomic E-state index is 0.393. The first-order valence-electron chi connectivity index (χ1n) is 6.47. The van der Waals surface area contributed by atoms with Gasteiger partial charge in [0, 0.05) is 44.7 Å². The lowest BCUT2D eigenvalue weighted by Gasteiger charge is -2.35. The van der Waals surface area contributed by atoms with E-state index in [9.17, 15) is 5.11 Å². The molecule has 2 rings (SSSR count). The predicted molar refractivity (Wildman–Crippen MR) is 63.2 cm³/mol. The Kier molecular flexibility index (Phi) is 4.19. The lowest BCUT2D eigenvalue weighted by atomic mass is 9.90. The fourth-order valence-electron chi connectivity index (χ4n) is 2.59. The topological polar surface area (TPSA) is 67.5 Å². The predicted octanol–water partition coefficient (Wildman–Crippen LogP) is 0.387. The summed E-state index contributed by atoms with van der Waals surface area (Å²) in [4.78, 5) is 0. The van der Waals surface area contributed by atoms with Crippen LogP contribution in [0.4, 0.5) is 0 Å². The van der Waals surface area contributed by atoms with Crippen molar-refractivity contribution in [1.29, 1.82) is 0 Å². The Hall–Kier alpha value is -0.160. The van der Waals surface area contributed by atoms with Crippen LogP contribution in [0.1, 0.15) is 38.5 Å². The zero-order valence-electron chi connectivity index (χ0n) is 9.95. The van der Waals surface area contributed by atoms with Crippen LogP contribution in [0.3, 0.4) is 0 Å². The number of ether oxygens (including phenoxy) is 1. The molecule has 1 heterocycles. The molecule has 4 N–H and O–H groups in total. The number of nitrogens with one attached hydrogen (secondary N) is 1. The second-order valence-electron chi connectivity index (χ2n) is 5.33. The fourth-order valence-corrected chi connectivity index (χ4v) is 2.59. The Morgan fingerprint density at radius 1 is 1.19 bits per heavy atom. The molecule has 1 saturated heterocycles. The van der Waals surface area contributed by atoms with Gasteiger partial charge in [0.05, 0.1) is 5.60 Å². The summed E-state index contributed by atoms with van der Waals surface area (Å²) in [5, 5.41) is 13.8. The summed E-state index contributed by atoms with van der Waals surface area (Å²) < 4.78 is 5.27. The summed E-state index contributed by atoms with van der Waals surface area (Å²) in [6, 6.07) is 0.941. The maximum atomic E-state index is 10.3. The van der Waals surface area contributed by atoms with Gasteiger partial charge >= 0.3 is 0 Å². The van der Waals surface area contributed by atoms with Crippen molar-refractivity contribution in [3.8, 4) is 0 Å². The molecule has 1 aliphatic heterocycles. The summed E-state index contributed by atoms with van der Waals surface area (Å²) >= 11 is 0. The van der Waals surface area contributed by atoms with Crippen molar-refractivity contribution < 1.29 is 9.84 Å². The Balaban J connectivity index is 1.70. The van der Waals surface area contributed by atoms with Crippen LogP contribution in [0.2, 0.25) is 0 Å². The largest absolute Gasteiger partial charge is 0.388 e. The quantitative estimate of drug-likeness (QED) is 0.653. The fraction of sp³-hybridized carbons (Fsp3) is 1.00. The van der Waals surface area contributed by atoms with Gasteiger partial charge in [-0.2, -0.15) is 0 Å². The van der Waals surface area contributed by atoms with Gasteiger partial charge in [-0.15, -0.1) is 0 Å². The third-order valence-corrected chi connectivity index (χ3v) is 3.92. The van der Waals surface area contributed by atoms with E-state index >= 15 is 0 Å². The Morgan fingerprint density at radius 3 is 2.44 bits per heavy atom. The highest BCUT2D eigenvalue weighted by atomic mass is 16.5. The van der Waals surface area contributed by atoms with E-state index in [1.165, 1.54) is 0 Å². The summed E-state index contributed by atoms with van der Waals surface area (Å²) in [5.41, 5.74) is 5.32. The molecule has 0 aromatic carbocycles. The van der Waals surface area contributed by atoms with Crippen LogP contribution in [0.15, 0.2) is 0 Å². The maximum absolute atomic E-state index is 10.3. The van der Waals surface area contributed by atoms with E-state index in [1.54, 1.807) is 0 Å². The number of nitrogens with two attached hydrogens (primary N) is 1. The number of rotatable bonds is 3. The molecule has 16 heavy (non-hydrogen) atoms. The first-order valence-corrected chi connectivity index (χ1v) is 6.47. The lowest BCUT2D eigenvalue weighted by molar-refractivity contribution is -0.0632. The van der Waals surface area contributed by atoms with Gasteiger partial charge in [-0.25, -0.2) is 0 Å². The van der Waals surface area contributed by atoms with Crippen molar-refractivity contribution in [2.45, 2.75) is 56.2 Å². The first-order chi connectivity index (χ1) is 7.68. The van der Waals surface area contributed by atoms with Gasteiger partial charge in [0.15, 0.2) is 0 Å². The molecule has 0 aromatic rings. The molecule has 0 radical (unpaired) electrons. The van der Waals surface area contributed by atoms with Gasteiger partial charge in [-0.3, -0.25) is 0 Å². The monoisotopic (exact) mass is 228 g/mol. The summed E-state index contributed by atoms with van der Waals surface area (Å²) in [5.74, 6) is 0. The minimum Gasteiger partial charge on any atom is -0.388 e. The van der Waals surface area contributed by atoms with E-state index in [4.69, 9.17) is 10.5 Å². The van der Waals surface area contributed by atoms with Crippen molar-refractivity contribution in [1.82, 2.24) is 5.32 Å². The van der Waals surface area contributed by atoms with Crippen LogP contribution < -0.4 is 11.1 Å². The third kappa shape index (κ3) is 3.42. The van der Waals surface area contributed by atoms with Crippen molar-refractivity contribution in [3.63, 3.8) is 0 Å². The van der Waals surface area contributed by atoms with Crippen molar-refractivity contribution in [2.75, 3.05) is 19.8 Å². The maximum Gasteiger partial charge on any atom is 0.0815 e. The van der Waals surface area contributed by atoms with Gasteiger partial charge in [-0.05, 0) is 25.7 Å². The Bertz CT molecular complexity index is 209. The average molecular weight is 228 g/mol. The van der Waals surface area contributed by atoms with E-state index in [-0.39, 0.29) is 0 Å². The molecular formula is C12H24N2O2. The number of hydrogen-bond donors (Lipinski definition) is 3. The second kappa shape index (κ2) is 5.45. The van der Waals surface area contributed by atoms with E-state index < -0.39 is 5.60 Å². The van der Waals surface area contributed by atoms with Crippen molar-refractivity contribution >= 4 is 0 Å². The van der Waals surface area contributed by atoms with Crippen LogP contribution in [0.25, 0.3) is 0 Å². The van der Waals surface area contributed by atoms with Crippen molar-refractivity contribution in [2.24, 2.45) is 5.73 Å². The first kappa shape index (κ1) is 12.3. The van der Waals surface area contributed by atoms with Crippen LogP contribution in [0.5, 0.6) is 0 Å². The Labute approximate surface area is 97.5 Å². The highest BCUT2D eigenvalue weighted by Crippen LogP contribution is 2.21. The summed E-state index contributed by atoms with van der Waals surface area (Å²) in [6.45, 7) is 2.08. The van der Waals surface area contributed by atoms with Crippen LogP contribution in [-0.4, -0.2) is 42.5 Å². The van der Waals surface area contributed by atoms with E-state index in [2.05, 4.69) is 5.32 Å². The highest BCUT2D eigenvalue weighted by molar-refractivity contribution is 4.86. The average Bonchev–Trinajstić information content (AvgIpc) is 2.29. The minimum atomic E-state index is -0.544. The normalized spacial score (nSPS) is 34.9. The standard InChI is InChI=1S/C12H24N2O2/c13-10-1-3-11(4-2-10)14-9-12(15)5-7-16-8-6-12/h10-11,14-15H,1-9,13H2. The smallest absolute Gasteiger partial charge is 0.0815 e. The molecular weight excluding hydrogens is 204 g/mol. The zero-order chi connectivity index (χ0) is 11.4. The molecule has 0 amide bonds. The molecule has 2 aliphatic rings. The van der Waals surface area contributed by atoms with Crippen LogP contribution in [-0.2, 0) is 4.74 Å². The van der Waals surface area contributed by atoms with Crippen LogP contribution in [0, 0.1) is 0 Å². The molecule has 0 spiro atoms. The SMILES string of the molecule is NC1CCC(NCC2(O)CCOCC2)CC1. The van der Waals surface area contributed by atoms with Gasteiger partial charge in [0.2, 0.25) is 0 Å². The second-order valence-corrected chi connectivity index (χ2v) is 5.33. The van der Waals surface area contributed by atoms with E-state index in [1.807, 2.05) is 0 Å². The van der Waals surface area contributed by atoms with Crippen molar-refractivity contribution in [3.05, 3.63) is 0 Å². The molecule has 0 bridgehead atoms. The number of aliphatic hydroxyl groups is 1. The third-order valence-electron chi connectivity index (χ3n) is 3.92. The zero-order valence-corrected chi connectivity index (χ0v) is 9.95. The van der Waals surface area contributed by atoms with Gasteiger partial charge in [0.25, 0.3) is 0 Å². The molecule has 0 aromatic heterocycles. The molecule has 2 fully saturated rings. The summed E-state index contributed by atoms with van der Waals surface area (Å²) in [7, 11) is 0. The molecule has 1 aliphatic carbocycles. The number of hydrogen-bond acceptors (Lipinski definition) is 4. The van der Waals surface area contributed by atoms with Gasteiger partial charge in [-0.1, -0.05) is 0 Å². The molecule has 0 unspecified atom stereocenters. The molecule has 0 atom stereocenters. The van der Waals surface area contributed by atoms with Gasteiger partial charge in [0.1, 0.15) is 0 Å². The molecule has 4 heteroatoms. The summed E-state index contributed by atoms with van der Waals surface area (Å²) in [6.07, 6.45) is 6.03. The van der Waals surface area contributed by atoms with Crippen LogP contribution >= 0.6 is 0 Å². The Morgan fingerprint density at radius 2 is 1.81 bits per heavy atom. The van der Waals surface area contributed by atoms with E-state index in [0.29, 0.717) is 31.8 Å². The molecule has 4 nitrogen and oxygen atoms in total. The van der Waals surface area contributed by atoms with Gasteiger partial charge < -0.3 is 20.9 Å².